The third kappa shape index (κ3) is 0.741. The lowest BCUT2D eigenvalue weighted by Crippen LogP contribution is -1.94. The summed E-state index contributed by atoms with van der Waals surface area (Å²) in [6, 6.07) is 0. The molecule has 0 saturated heterocycles. The van der Waals surface area contributed by atoms with E-state index in [1.807, 2.05) is 0 Å². The fourth-order valence-corrected chi connectivity index (χ4v) is 3.07. The van der Waals surface area contributed by atoms with Gasteiger partial charge >= 0.3 is 0 Å². The standard InChI is InChI=1S/C10H16/c1-2-4-8-6-10(8)9-5-7(9)3-1/h7-10H,1-6H2/t7-,8?,9+,10?/m0/s1. The lowest BCUT2D eigenvalue weighted by molar-refractivity contribution is 0.467. The van der Waals surface area contributed by atoms with Gasteiger partial charge in [-0.2, -0.15) is 0 Å². The smallest absolute Gasteiger partial charge is 0.0352 e. The highest BCUT2D eigenvalue weighted by Gasteiger charge is 2.53. The Bertz CT molecular complexity index is 132. The Morgan fingerprint density at radius 2 is 1.20 bits per heavy atom. The highest BCUT2D eigenvalue weighted by molar-refractivity contribution is 5.02. The van der Waals surface area contributed by atoms with Gasteiger partial charge in [0.1, 0.15) is 0 Å². The van der Waals surface area contributed by atoms with Crippen LogP contribution in [0.15, 0.2) is 0 Å². The largest absolute Gasteiger partial charge is 0.0530 e. The summed E-state index contributed by atoms with van der Waals surface area (Å²) in [5.74, 6) is 4.86. The van der Waals surface area contributed by atoms with Gasteiger partial charge in [0.25, 0.3) is 0 Å². The second-order valence-electron chi connectivity index (χ2n) is 4.60. The monoisotopic (exact) mass is 136 g/mol. The van der Waals surface area contributed by atoms with Crippen LogP contribution in [-0.4, -0.2) is 0 Å². The van der Waals surface area contributed by atoms with E-state index in [9.17, 15) is 0 Å². The number of fused-ring (bicyclic) bond motifs is 3. The van der Waals surface area contributed by atoms with Crippen molar-refractivity contribution in [1.82, 2.24) is 0 Å². The Kier molecular flexibility index (Phi) is 1.00. The molecule has 0 bridgehead atoms. The molecule has 0 aromatic heterocycles. The second kappa shape index (κ2) is 1.78. The van der Waals surface area contributed by atoms with Gasteiger partial charge in [-0.25, -0.2) is 0 Å². The maximum absolute atomic E-state index is 1.61. The van der Waals surface area contributed by atoms with Crippen LogP contribution in [0, 0.1) is 23.7 Å². The minimum Gasteiger partial charge on any atom is -0.0530 e. The Morgan fingerprint density at radius 1 is 0.700 bits per heavy atom. The van der Waals surface area contributed by atoms with Crippen molar-refractivity contribution in [1.29, 1.82) is 0 Å². The summed E-state index contributed by atoms with van der Waals surface area (Å²) >= 11 is 0. The van der Waals surface area contributed by atoms with Crippen molar-refractivity contribution in [2.45, 2.75) is 38.5 Å². The van der Waals surface area contributed by atoms with Crippen molar-refractivity contribution in [2.24, 2.45) is 23.7 Å². The zero-order valence-corrected chi connectivity index (χ0v) is 6.55. The van der Waals surface area contributed by atoms with Gasteiger partial charge < -0.3 is 0 Å². The lowest BCUT2D eigenvalue weighted by Gasteiger charge is -2.04. The van der Waals surface area contributed by atoms with Gasteiger partial charge in [-0.3, -0.25) is 0 Å². The first-order valence-corrected chi connectivity index (χ1v) is 4.95. The van der Waals surface area contributed by atoms with Crippen molar-refractivity contribution in [3.05, 3.63) is 0 Å². The third-order valence-corrected chi connectivity index (χ3v) is 3.90. The fraction of sp³-hybridized carbons (Fsp3) is 1.00. The summed E-state index contributed by atoms with van der Waals surface area (Å²) < 4.78 is 0. The van der Waals surface area contributed by atoms with Crippen molar-refractivity contribution < 1.29 is 0 Å². The first kappa shape index (κ1) is 5.62. The maximum atomic E-state index is 1.61. The zero-order valence-electron chi connectivity index (χ0n) is 6.55. The van der Waals surface area contributed by atoms with Crippen molar-refractivity contribution in [3.63, 3.8) is 0 Å². The van der Waals surface area contributed by atoms with E-state index in [0.29, 0.717) is 0 Å². The first-order valence-electron chi connectivity index (χ1n) is 4.95. The van der Waals surface area contributed by atoms with E-state index >= 15 is 0 Å². The molecule has 0 radical (unpaired) electrons. The van der Waals surface area contributed by atoms with Crippen LogP contribution in [0.3, 0.4) is 0 Å². The molecule has 2 unspecified atom stereocenters. The first-order chi connectivity index (χ1) is 4.95. The third-order valence-electron chi connectivity index (χ3n) is 3.90. The van der Waals surface area contributed by atoms with Gasteiger partial charge in [0.05, 0.1) is 0 Å². The van der Waals surface area contributed by atoms with E-state index in [1.54, 1.807) is 38.5 Å². The minimum atomic E-state index is 1.20. The van der Waals surface area contributed by atoms with Gasteiger partial charge in [-0.1, -0.05) is 25.7 Å². The predicted molar refractivity (Wildman–Crippen MR) is 41.7 cm³/mol. The van der Waals surface area contributed by atoms with Crippen molar-refractivity contribution in [3.8, 4) is 0 Å². The van der Waals surface area contributed by atoms with E-state index in [0.717, 1.165) is 0 Å². The fourth-order valence-electron chi connectivity index (χ4n) is 3.07. The lowest BCUT2D eigenvalue weighted by atomic mass is 10.0. The van der Waals surface area contributed by atoms with Crippen LogP contribution in [-0.2, 0) is 0 Å². The molecular weight excluding hydrogens is 120 g/mol. The molecular formula is C10H16. The molecule has 0 heteroatoms. The molecule has 0 spiro atoms. The molecule has 0 amide bonds. The molecule has 0 aliphatic heterocycles. The van der Waals surface area contributed by atoms with Crippen molar-refractivity contribution >= 4 is 0 Å². The van der Waals surface area contributed by atoms with Crippen LogP contribution in [0.2, 0.25) is 0 Å². The van der Waals surface area contributed by atoms with E-state index < -0.39 is 0 Å². The van der Waals surface area contributed by atoms with Crippen LogP contribution in [0.4, 0.5) is 0 Å². The molecule has 4 atom stereocenters. The van der Waals surface area contributed by atoms with Crippen LogP contribution >= 0.6 is 0 Å². The average Bonchev–Trinajstić information content (AvgIpc) is 2.68. The molecule has 0 nitrogen and oxygen atoms in total. The van der Waals surface area contributed by atoms with Crippen LogP contribution < -0.4 is 0 Å². The molecule has 10 heavy (non-hydrogen) atoms. The molecule has 0 aromatic rings. The molecule has 0 aromatic carbocycles. The Morgan fingerprint density at radius 3 is 1.70 bits per heavy atom. The van der Waals surface area contributed by atoms with E-state index in [4.69, 9.17) is 0 Å². The van der Waals surface area contributed by atoms with Crippen LogP contribution in [0.1, 0.15) is 38.5 Å². The Hall–Kier alpha value is 0. The zero-order chi connectivity index (χ0) is 6.55. The Balaban J connectivity index is 1.72. The summed E-state index contributed by atoms with van der Waals surface area (Å²) in [6.45, 7) is 0. The average molecular weight is 136 g/mol. The van der Waals surface area contributed by atoms with Gasteiger partial charge in [-0.15, -0.1) is 0 Å². The highest BCUT2D eigenvalue weighted by Crippen LogP contribution is 2.61. The molecule has 3 saturated carbocycles. The van der Waals surface area contributed by atoms with E-state index in [1.165, 1.54) is 23.7 Å². The molecule has 3 aliphatic carbocycles. The second-order valence-corrected chi connectivity index (χ2v) is 4.60. The van der Waals surface area contributed by atoms with Gasteiger partial charge in [0, 0.05) is 0 Å². The quantitative estimate of drug-likeness (QED) is 0.480. The summed E-state index contributed by atoms with van der Waals surface area (Å²) in [4.78, 5) is 0. The summed E-state index contributed by atoms with van der Waals surface area (Å²) in [5, 5.41) is 0. The van der Waals surface area contributed by atoms with E-state index in [-0.39, 0.29) is 0 Å². The van der Waals surface area contributed by atoms with Gasteiger partial charge in [0.2, 0.25) is 0 Å². The summed E-state index contributed by atoms with van der Waals surface area (Å²) in [6.07, 6.45) is 9.47. The van der Waals surface area contributed by atoms with E-state index in [2.05, 4.69) is 0 Å². The molecule has 0 N–H and O–H groups in total. The van der Waals surface area contributed by atoms with Crippen molar-refractivity contribution in [2.75, 3.05) is 0 Å². The Labute approximate surface area is 63.0 Å². The topological polar surface area (TPSA) is 0 Å². The minimum absolute atomic E-state index is 1.20. The normalized spacial score (nSPS) is 57.6. The molecule has 3 rings (SSSR count). The van der Waals surface area contributed by atoms with Crippen LogP contribution in [0.5, 0.6) is 0 Å². The number of hydrogen-bond donors (Lipinski definition) is 0. The van der Waals surface area contributed by atoms with Gasteiger partial charge in [-0.05, 0) is 36.5 Å². The highest BCUT2D eigenvalue weighted by atomic mass is 14.6. The molecule has 0 heterocycles. The molecule has 3 aliphatic rings. The number of rotatable bonds is 0. The summed E-state index contributed by atoms with van der Waals surface area (Å²) in [7, 11) is 0. The molecule has 3 fully saturated rings. The van der Waals surface area contributed by atoms with Crippen LogP contribution in [0.25, 0.3) is 0 Å². The summed E-state index contributed by atoms with van der Waals surface area (Å²) in [5.41, 5.74) is 0. The number of hydrogen-bond acceptors (Lipinski definition) is 0. The SMILES string of the molecule is C1CC[C@H]2C[C@H]2C2CC2C1. The van der Waals surface area contributed by atoms with Gasteiger partial charge in [0.15, 0.2) is 0 Å². The molecule has 56 valence electrons. The maximum Gasteiger partial charge on any atom is -0.0352 e. The predicted octanol–water partition coefficient (Wildman–Crippen LogP) is 2.83.